The lowest BCUT2D eigenvalue weighted by Gasteiger charge is -2.34. The summed E-state index contributed by atoms with van der Waals surface area (Å²) in [4.78, 5) is 7.45. The summed E-state index contributed by atoms with van der Waals surface area (Å²) in [6, 6.07) is 2.57. The minimum absolute atomic E-state index is 1.11. The summed E-state index contributed by atoms with van der Waals surface area (Å²) in [5, 5.41) is 0. The Morgan fingerprint density at radius 3 is 1.13 bits per heavy atom. The van der Waals surface area contributed by atoms with E-state index in [9.17, 15) is 0 Å². The summed E-state index contributed by atoms with van der Waals surface area (Å²) >= 11 is 0. The fourth-order valence-electron chi connectivity index (χ4n) is 2.81. The second-order valence-corrected chi connectivity index (χ2v) is 28.7. The third kappa shape index (κ3) is 16.0. The van der Waals surface area contributed by atoms with Crippen molar-refractivity contribution in [3.8, 4) is 0 Å². The second kappa shape index (κ2) is 9.45. The molecule has 0 saturated heterocycles. The van der Waals surface area contributed by atoms with Crippen molar-refractivity contribution in [2.75, 3.05) is 13.1 Å². The van der Waals surface area contributed by atoms with Crippen molar-refractivity contribution in [3.05, 3.63) is 0 Å². The molecule has 23 heavy (non-hydrogen) atoms. The molecule has 0 bridgehead atoms. The van der Waals surface area contributed by atoms with Crippen LogP contribution in [0, 0.1) is 0 Å². The molecule has 0 rings (SSSR count). The molecule has 0 amide bonds. The van der Waals surface area contributed by atoms with E-state index in [-0.39, 0.29) is 0 Å². The van der Waals surface area contributed by atoms with E-state index in [1.807, 2.05) is 0 Å². The maximum atomic E-state index is 6.73. The molecule has 0 heterocycles. The molecule has 0 aromatic carbocycles. The molecule has 0 fully saturated rings. The molecule has 0 aromatic rings. The molecule has 2 N–H and O–H groups in total. The Bertz CT molecular complexity index is 304. The van der Waals surface area contributed by atoms with Gasteiger partial charge in [-0.1, -0.05) is 39.3 Å². The largest absolute Gasteiger partial charge is 0.455 e. The minimum Gasteiger partial charge on any atom is -0.455 e. The van der Waals surface area contributed by atoms with E-state index in [1.54, 1.807) is 0 Å². The maximum Gasteiger partial charge on any atom is 0.173 e. The van der Waals surface area contributed by atoms with Crippen LogP contribution in [0.2, 0.25) is 77.6 Å². The smallest absolute Gasteiger partial charge is 0.173 e. The van der Waals surface area contributed by atoms with E-state index in [0.29, 0.717) is 0 Å². The predicted octanol–water partition coefficient (Wildman–Crippen LogP) is 5.04. The molecule has 0 aromatic heterocycles. The minimum atomic E-state index is -1.51. The van der Waals surface area contributed by atoms with Gasteiger partial charge in [0.15, 0.2) is 16.6 Å². The molecule has 0 radical (unpaired) electrons. The highest BCUT2D eigenvalue weighted by atomic mass is 28.4. The van der Waals surface area contributed by atoms with Gasteiger partial charge in [-0.15, -0.1) is 0 Å². The second-order valence-electron chi connectivity index (χ2n) is 10.2. The number of hydrogen-bond donors (Lipinski definition) is 2. The molecule has 140 valence electrons. The lowest BCUT2D eigenvalue weighted by Crippen LogP contribution is -2.46. The molecule has 0 aliphatic heterocycles. The van der Waals surface area contributed by atoms with Crippen LogP contribution in [0.4, 0.5) is 0 Å². The first-order chi connectivity index (χ1) is 10.1. The van der Waals surface area contributed by atoms with Crippen molar-refractivity contribution in [2.24, 2.45) is 0 Å². The van der Waals surface area contributed by atoms with Gasteiger partial charge in [-0.05, 0) is 64.2 Å². The highest BCUT2D eigenvalue weighted by Gasteiger charge is 2.32. The molecular formula is C16H44N2OSi4. The lowest BCUT2D eigenvalue weighted by atomic mass is 10.5. The Hall–Kier alpha value is 0.748. The monoisotopic (exact) mass is 392 g/mol. The fourth-order valence-corrected chi connectivity index (χ4v) is 13.5. The molecule has 0 aliphatic rings. The molecule has 0 saturated carbocycles. The van der Waals surface area contributed by atoms with Gasteiger partial charge >= 0.3 is 0 Å². The van der Waals surface area contributed by atoms with Crippen LogP contribution in [0.1, 0.15) is 12.8 Å². The van der Waals surface area contributed by atoms with Gasteiger partial charge in [0, 0.05) is 0 Å². The van der Waals surface area contributed by atoms with Crippen LogP contribution in [0.3, 0.4) is 0 Å². The van der Waals surface area contributed by atoms with Crippen LogP contribution in [0.25, 0.3) is 0 Å². The van der Waals surface area contributed by atoms with Crippen molar-refractivity contribution in [2.45, 2.75) is 90.4 Å². The van der Waals surface area contributed by atoms with E-state index >= 15 is 0 Å². The first-order valence-corrected chi connectivity index (χ1v) is 22.6. The molecule has 0 aliphatic carbocycles. The van der Waals surface area contributed by atoms with E-state index in [0.717, 1.165) is 13.1 Å². The van der Waals surface area contributed by atoms with Crippen molar-refractivity contribution in [1.29, 1.82) is 0 Å². The van der Waals surface area contributed by atoms with Gasteiger partial charge in [-0.2, -0.15) is 0 Å². The first kappa shape index (κ1) is 23.7. The third-order valence-electron chi connectivity index (χ3n) is 3.77. The average molecular weight is 393 g/mol. The average Bonchev–Trinajstić information content (AvgIpc) is 2.27. The van der Waals surface area contributed by atoms with Crippen LogP contribution in [0.15, 0.2) is 0 Å². The zero-order valence-electron chi connectivity index (χ0n) is 17.7. The van der Waals surface area contributed by atoms with Gasteiger partial charge in [0.2, 0.25) is 0 Å². The quantitative estimate of drug-likeness (QED) is 0.360. The van der Waals surface area contributed by atoms with Crippen LogP contribution < -0.4 is 9.96 Å². The number of rotatable bonds is 12. The Balaban J connectivity index is 4.09. The zero-order chi connectivity index (χ0) is 18.4. The van der Waals surface area contributed by atoms with Gasteiger partial charge in [0.1, 0.15) is 16.5 Å². The van der Waals surface area contributed by atoms with Crippen LogP contribution >= 0.6 is 0 Å². The summed E-state index contributed by atoms with van der Waals surface area (Å²) < 4.78 is 6.73. The Morgan fingerprint density at radius 2 is 0.870 bits per heavy atom. The maximum absolute atomic E-state index is 6.73. The highest BCUT2D eigenvalue weighted by Crippen LogP contribution is 2.23. The topological polar surface area (TPSA) is 33.3 Å². The molecule has 3 nitrogen and oxygen atoms in total. The zero-order valence-corrected chi connectivity index (χ0v) is 21.7. The van der Waals surface area contributed by atoms with Crippen LogP contribution in [-0.4, -0.2) is 46.2 Å². The van der Waals surface area contributed by atoms with E-state index in [2.05, 4.69) is 75.4 Å². The molecule has 0 atom stereocenters. The Kier molecular flexibility index (Phi) is 9.75. The van der Waals surface area contributed by atoms with Crippen molar-refractivity contribution in [1.82, 2.24) is 9.96 Å². The van der Waals surface area contributed by atoms with E-state index in [4.69, 9.17) is 4.12 Å². The SMILES string of the molecule is C[Si](C)(C)NCCC[Si](C)(C)O[Si](C)(C)CCCN[Si](C)(C)C. The number of nitrogens with one attached hydrogen (secondary N) is 2. The van der Waals surface area contributed by atoms with Gasteiger partial charge in [0.25, 0.3) is 0 Å². The summed E-state index contributed by atoms with van der Waals surface area (Å²) in [7, 11) is -5.23. The van der Waals surface area contributed by atoms with Crippen LogP contribution in [-0.2, 0) is 4.12 Å². The lowest BCUT2D eigenvalue weighted by molar-refractivity contribution is 0.529. The van der Waals surface area contributed by atoms with Crippen LogP contribution in [0.5, 0.6) is 0 Å². The Labute approximate surface area is 150 Å². The molecule has 0 unspecified atom stereocenters. The van der Waals surface area contributed by atoms with Crippen molar-refractivity contribution in [3.63, 3.8) is 0 Å². The van der Waals surface area contributed by atoms with E-state index < -0.39 is 33.1 Å². The van der Waals surface area contributed by atoms with E-state index in [1.165, 1.54) is 24.9 Å². The van der Waals surface area contributed by atoms with Crippen molar-refractivity contribution < 1.29 is 4.12 Å². The van der Waals surface area contributed by atoms with Crippen molar-refractivity contribution >= 4 is 33.1 Å². The summed E-state index contributed by atoms with van der Waals surface area (Å²) in [5.74, 6) is 0. The molecule has 7 heteroatoms. The Morgan fingerprint density at radius 1 is 0.565 bits per heavy atom. The summed E-state index contributed by atoms with van der Waals surface area (Å²) in [6.45, 7) is 26.2. The third-order valence-corrected chi connectivity index (χ3v) is 13.9. The number of hydrogen-bond acceptors (Lipinski definition) is 3. The standard InChI is InChI=1S/C16H44N2OSi4/c1-20(2,3)17-13-11-15-22(7,8)19-23(9,10)16-12-14-18-21(4,5)6/h17-18H,11-16H2,1-10H3. The van der Waals surface area contributed by atoms with Gasteiger partial charge in [-0.25, -0.2) is 0 Å². The molecule has 0 spiro atoms. The summed E-state index contributed by atoms with van der Waals surface area (Å²) in [5.41, 5.74) is 0. The normalized spacial score (nSPS) is 14.3. The van der Waals surface area contributed by atoms with Gasteiger partial charge in [0.05, 0.1) is 0 Å². The first-order valence-electron chi connectivity index (χ1n) is 9.32. The van der Waals surface area contributed by atoms with Gasteiger partial charge in [-0.3, -0.25) is 0 Å². The van der Waals surface area contributed by atoms with Gasteiger partial charge < -0.3 is 14.1 Å². The fraction of sp³-hybridized carbons (Fsp3) is 1.00. The highest BCUT2D eigenvalue weighted by molar-refractivity contribution is 6.84. The summed E-state index contributed by atoms with van der Waals surface area (Å²) in [6.07, 6.45) is 2.54. The molecular weight excluding hydrogens is 349 g/mol. The predicted molar refractivity (Wildman–Crippen MR) is 118 cm³/mol.